The second-order valence-corrected chi connectivity index (χ2v) is 3.55. The number of nitrogens with one attached hydrogen (secondary N) is 1. The van der Waals surface area contributed by atoms with E-state index < -0.39 is 0 Å². The van der Waals surface area contributed by atoms with Crippen molar-refractivity contribution < 1.29 is 4.42 Å². The highest BCUT2D eigenvalue weighted by Crippen LogP contribution is 2.29. The zero-order chi connectivity index (χ0) is 9.80. The molecule has 0 radical (unpaired) electrons. The van der Waals surface area contributed by atoms with E-state index in [1.54, 1.807) is 6.26 Å². The van der Waals surface area contributed by atoms with Crippen molar-refractivity contribution in [1.82, 2.24) is 5.32 Å². The highest BCUT2D eigenvalue weighted by molar-refractivity contribution is 5.24. The predicted molar refractivity (Wildman–Crippen MR) is 55.8 cm³/mol. The molecule has 1 aliphatic carbocycles. The molecule has 0 saturated carbocycles. The number of hydrogen-bond acceptors (Lipinski definition) is 2. The molecule has 14 heavy (non-hydrogen) atoms. The number of hydrogen-bond donors (Lipinski definition) is 1. The lowest BCUT2D eigenvalue weighted by Crippen LogP contribution is -2.24. The summed E-state index contributed by atoms with van der Waals surface area (Å²) in [7, 11) is 0. The molecule has 2 nitrogen and oxygen atoms in total. The SMILES string of the molecule is CC#CCNC1CCCc2occc21. The maximum atomic E-state index is 5.42. The van der Waals surface area contributed by atoms with Gasteiger partial charge in [0.1, 0.15) is 5.76 Å². The van der Waals surface area contributed by atoms with Crippen molar-refractivity contribution in [2.45, 2.75) is 32.2 Å². The lowest BCUT2D eigenvalue weighted by atomic mass is 9.93. The standard InChI is InChI=1S/C12H15NO/c1-2-3-8-13-11-5-4-6-12-10(11)7-9-14-12/h7,9,11,13H,4-6,8H2,1H3. The van der Waals surface area contributed by atoms with Crippen LogP contribution in [0.1, 0.15) is 37.1 Å². The maximum Gasteiger partial charge on any atom is 0.108 e. The summed E-state index contributed by atoms with van der Waals surface area (Å²) in [5.74, 6) is 7.07. The second-order valence-electron chi connectivity index (χ2n) is 3.55. The molecule has 1 aromatic rings. The Bertz CT molecular complexity index is 356. The third kappa shape index (κ3) is 1.83. The number of rotatable bonds is 2. The molecule has 0 bridgehead atoms. The topological polar surface area (TPSA) is 25.2 Å². The van der Waals surface area contributed by atoms with Crippen LogP contribution in [0, 0.1) is 11.8 Å². The third-order valence-electron chi connectivity index (χ3n) is 2.67. The van der Waals surface area contributed by atoms with Gasteiger partial charge in [0, 0.05) is 18.0 Å². The van der Waals surface area contributed by atoms with E-state index in [9.17, 15) is 0 Å². The molecule has 2 rings (SSSR count). The average Bonchev–Trinajstić information content (AvgIpc) is 2.67. The van der Waals surface area contributed by atoms with Gasteiger partial charge in [0.15, 0.2) is 0 Å². The minimum Gasteiger partial charge on any atom is -0.469 e. The lowest BCUT2D eigenvalue weighted by molar-refractivity contribution is 0.422. The van der Waals surface area contributed by atoms with Gasteiger partial charge in [-0.2, -0.15) is 0 Å². The molecule has 1 aromatic heterocycles. The Hall–Kier alpha value is -1.20. The molecule has 0 fully saturated rings. The third-order valence-corrected chi connectivity index (χ3v) is 2.67. The lowest BCUT2D eigenvalue weighted by Gasteiger charge is -2.21. The van der Waals surface area contributed by atoms with Crippen LogP contribution in [-0.4, -0.2) is 6.54 Å². The van der Waals surface area contributed by atoms with Gasteiger partial charge in [-0.1, -0.05) is 5.92 Å². The second kappa shape index (κ2) is 4.34. The van der Waals surface area contributed by atoms with Gasteiger partial charge in [-0.3, -0.25) is 5.32 Å². The van der Waals surface area contributed by atoms with Gasteiger partial charge in [-0.15, -0.1) is 5.92 Å². The van der Waals surface area contributed by atoms with E-state index in [-0.39, 0.29) is 0 Å². The van der Waals surface area contributed by atoms with Gasteiger partial charge >= 0.3 is 0 Å². The normalized spacial score (nSPS) is 19.6. The highest BCUT2D eigenvalue weighted by atomic mass is 16.3. The molecular formula is C12H15NO. The fraction of sp³-hybridized carbons (Fsp3) is 0.500. The first kappa shape index (κ1) is 9.36. The first-order valence-corrected chi connectivity index (χ1v) is 5.11. The predicted octanol–water partition coefficient (Wildman–Crippen LogP) is 2.27. The largest absolute Gasteiger partial charge is 0.469 e. The molecule has 1 atom stereocenters. The Morgan fingerprint density at radius 3 is 3.43 bits per heavy atom. The minimum atomic E-state index is 0.443. The van der Waals surface area contributed by atoms with Crippen LogP contribution in [0.15, 0.2) is 16.7 Å². The summed E-state index contributed by atoms with van der Waals surface area (Å²) in [6.07, 6.45) is 5.27. The summed E-state index contributed by atoms with van der Waals surface area (Å²) in [4.78, 5) is 0. The van der Waals surface area contributed by atoms with Gasteiger partial charge < -0.3 is 4.42 Å². The fourth-order valence-electron chi connectivity index (χ4n) is 1.96. The van der Waals surface area contributed by atoms with Crippen LogP contribution in [0.2, 0.25) is 0 Å². The molecule has 2 heteroatoms. The summed E-state index contributed by atoms with van der Waals surface area (Å²) in [5.41, 5.74) is 1.33. The molecule has 1 heterocycles. The molecule has 0 amide bonds. The smallest absolute Gasteiger partial charge is 0.108 e. The van der Waals surface area contributed by atoms with Crippen molar-refractivity contribution in [3.05, 3.63) is 23.7 Å². The number of fused-ring (bicyclic) bond motifs is 1. The van der Waals surface area contributed by atoms with Gasteiger partial charge in [-0.25, -0.2) is 0 Å². The number of furan rings is 1. The van der Waals surface area contributed by atoms with Crippen molar-refractivity contribution in [1.29, 1.82) is 0 Å². The Morgan fingerprint density at radius 1 is 1.64 bits per heavy atom. The van der Waals surface area contributed by atoms with Crippen molar-refractivity contribution in [3.8, 4) is 11.8 Å². The van der Waals surface area contributed by atoms with E-state index in [2.05, 4.69) is 23.2 Å². The molecule has 0 aliphatic heterocycles. The van der Waals surface area contributed by atoms with Crippen molar-refractivity contribution in [2.75, 3.05) is 6.54 Å². The van der Waals surface area contributed by atoms with Crippen molar-refractivity contribution >= 4 is 0 Å². The molecule has 74 valence electrons. The number of aryl methyl sites for hydroxylation is 1. The molecule has 0 aromatic carbocycles. The van der Waals surface area contributed by atoms with Gasteiger partial charge in [0.2, 0.25) is 0 Å². The van der Waals surface area contributed by atoms with Crippen LogP contribution in [0.3, 0.4) is 0 Å². The molecule has 1 N–H and O–H groups in total. The zero-order valence-electron chi connectivity index (χ0n) is 8.47. The van der Waals surface area contributed by atoms with Crippen molar-refractivity contribution in [2.24, 2.45) is 0 Å². The zero-order valence-corrected chi connectivity index (χ0v) is 8.47. The van der Waals surface area contributed by atoms with Crippen LogP contribution >= 0.6 is 0 Å². The Morgan fingerprint density at radius 2 is 2.57 bits per heavy atom. The van der Waals surface area contributed by atoms with Gasteiger partial charge in [-0.05, 0) is 25.8 Å². The Balaban J connectivity index is 2.03. The van der Waals surface area contributed by atoms with E-state index in [0.717, 1.165) is 18.7 Å². The summed E-state index contributed by atoms with van der Waals surface area (Å²) in [5, 5.41) is 3.43. The molecule has 1 aliphatic rings. The van der Waals surface area contributed by atoms with E-state index >= 15 is 0 Å². The summed E-state index contributed by atoms with van der Waals surface area (Å²) in [6.45, 7) is 2.64. The van der Waals surface area contributed by atoms with Crippen molar-refractivity contribution in [3.63, 3.8) is 0 Å². The van der Waals surface area contributed by atoms with Crippen LogP contribution in [0.4, 0.5) is 0 Å². The van der Waals surface area contributed by atoms with E-state index in [4.69, 9.17) is 4.42 Å². The van der Waals surface area contributed by atoms with Gasteiger partial charge in [0.05, 0.1) is 12.8 Å². The first-order chi connectivity index (χ1) is 6.92. The minimum absolute atomic E-state index is 0.443. The van der Waals surface area contributed by atoms with Gasteiger partial charge in [0.25, 0.3) is 0 Å². The Labute approximate surface area is 84.7 Å². The Kier molecular flexibility index (Phi) is 2.90. The highest BCUT2D eigenvalue weighted by Gasteiger charge is 2.21. The summed E-state index contributed by atoms with van der Waals surface area (Å²) in [6, 6.07) is 2.52. The van der Waals surface area contributed by atoms with Crippen LogP contribution in [-0.2, 0) is 6.42 Å². The first-order valence-electron chi connectivity index (χ1n) is 5.11. The maximum absolute atomic E-state index is 5.42. The monoisotopic (exact) mass is 189 g/mol. The van der Waals surface area contributed by atoms with Crippen LogP contribution < -0.4 is 5.32 Å². The summed E-state index contributed by atoms with van der Waals surface area (Å²) < 4.78 is 5.42. The van der Waals surface area contributed by atoms with E-state index in [1.807, 2.05) is 6.92 Å². The molecule has 1 unspecified atom stereocenters. The van der Waals surface area contributed by atoms with Crippen LogP contribution in [0.5, 0.6) is 0 Å². The average molecular weight is 189 g/mol. The fourth-order valence-corrected chi connectivity index (χ4v) is 1.96. The molecule has 0 spiro atoms. The molecule has 0 saturated heterocycles. The van der Waals surface area contributed by atoms with E-state index in [0.29, 0.717) is 6.04 Å². The van der Waals surface area contributed by atoms with E-state index in [1.165, 1.54) is 18.4 Å². The summed E-state index contributed by atoms with van der Waals surface area (Å²) >= 11 is 0. The van der Waals surface area contributed by atoms with Crippen LogP contribution in [0.25, 0.3) is 0 Å². The quantitative estimate of drug-likeness (QED) is 0.722. The molecular weight excluding hydrogens is 174 g/mol.